The van der Waals surface area contributed by atoms with Gasteiger partial charge in [-0.2, -0.15) is 4.98 Å². The Kier molecular flexibility index (Phi) is 4.15. The quantitative estimate of drug-likeness (QED) is 0.643. The first kappa shape index (κ1) is 15.0. The monoisotopic (exact) mass is 313 g/mol. The molecular formula is C13H16ClN3O2S. The lowest BCUT2D eigenvalue weighted by molar-refractivity contribution is 0.0383. The average Bonchev–Trinajstić information content (AvgIpc) is 2.64. The molecule has 0 radical (unpaired) electrons. The fourth-order valence-corrected chi connectivity index (χ4v) is 3.15. The molecule has 0 saturated carbocycles. The number of hydrogen-bond acceptors (Lipinski definition) is 6. The van der Waals surface area contributed by atoms with Crippen LogP contribution < -0.4 is 4.90 Å². The van der Waals surface area contributed by atoms with Crippen LogP contribution in [0.4, 0.5) is 5.82 Å². The molecule has 0 bridgehead atoms. The summed E-state index contributed by atoms with van der Waals surface area (Å²) in [6.07, 6.45) is -0.157. The van der Waals surface area contributed by atoms with E-state index in [9.17, 15) is 4.79 Å². The minimum Gasteiger partial charge on any atom is -0.459 e. The zero-order chi connectivity index (χ0) is 15.0. The van der Waals surface area contributed by atoms with E-state index in [0.717, 1.165) is 10.9 Å². The summed E-state index contributed by atoms with van der Waals surface area (Å²) >= 11 is 7.22. The van der Waals surface area contributed by atoms with Gasteiger partial charge in [0.25, 0.3) is 0 Å². The zero-order valence-electron chi connectivity index (χ0n) is 12.0. The van der Waals surface area contributed by atoms with E-state index >= 15 is 0 Å². The molecule has 0 unspecified atom stereocenters. The molecule has 2 aromatic rings. The summed E-state index contributed by atoms with van der Waals surface area (Å²) in [7, 11) is 3.75. The largest absolute Gasteiger partial charge is 0.459 e. The smallest absolute Gasteiger partial charge is 0.348 e. The fraction of sp³-hybridized carbons (Fsp3) is 0.462. The molecule has 0 aliphatic heterocycles. The van der Waals surface area contributed by atoms with Gasteiger partial charge in [0.2, 0.25) is 5.28 Å². The summed E-state index contributed by atoms with van der Waals surface area (Å²) in [5.74, 6) is 0.374. The van der Waals surface area contributed by atoms with Gasteiger partial charge in [-0.1, -0.05) is 0 Å². The van der Waals surface area contributed by atoms with Gasteiger partial charge in [0.05, 0.1) is 11.5 Å². The lowest BCUT2D eigenvalue weighted by Gasteiger charge is -2.13. The van der Waals surface area contributed by atoms with Crippen LogP contribution in [-0.4, -0.2) is 36.1 Å². The van der Waals surface area contributed by atoms with Crippen molar-refractivity contribution in [3.05, 3.63) is 15.7 Å². The second kappa shape index (κ2) is 5.54. The van der Waals surface area contributed by atoms with Gasteiger partial charge in [0.1, 0.15) is 15.5 Å². The van der Waals surface area contributed by atoms with E-state index in [1.54, 1.807) is 0 Å². The van der Waals surface area contributed by atoms with Crippen molar-refractivity contribution in [2.45, 2.75) is 26.9 Å². The Balaban J connectivity index is 2.63. The molecule has 0 N–H and O–H groups in total. The number of fused-ring (bicyclic) bond motifs is 1. The number of hydrogen-bond donors (Lipinski definition) is 0. The molecule has 0 amide bonds. The average molecular weight is 314 g/mol. The molecule has 0 saturated heterocycles. The highest BCUT2D eigenvalue weighted by molar-refractivity contribution is 7.20. The lowest BCUT2D eigenvalue weighted by Crippen LogP contribution is -2.12. The van der Waals surface area contributed by atoms with Crippen molar-refractivity contribution in [1.82, 2.24) is 9.97 Å². The van der Waals surface area contributed by atoms with Crippen LogP contribution in [0, 0.1) is 6.92 Å². The minimum absolute atomic E-state index is 0.157. The number of rotatable bonds is 3. The van der Waals surface area contributed by atoms with Gasteiger partial charge in [-0.3, -0.25) is 0 Å². The van der Waals surface area contributed by atoms with Gasteiger partial charge < -0.3 is 9.64 Å². The van der Waals surface area contributed by atoms with Crippen molar-refractivity contribution in [3.63, 3.8) is 0 Å². The highest BCUT2D eigenvalue weighted by atomic mass is 35.5. The number of thiophene rings is 1. The summed E-state index contributed by atoms with van der Waals surface area (Å²) in [6.45, 7) is 5.52. The van der Waals surface area contributed by atoms with Crippen LogP contribution in [0.25, 0.3) is 10.2 Å². The van der Waals surface area contributed by atoms with E-state index in [1.807, 2.05) is 39.8 Å². The SMILES string of the molecule is Cc1c(C(=O)OC(C)C)sc2nc(Cl)nc(N(C)C)c12. The predicted octanol–water partition coefficient (Wildman–Crippen LogP) is 3.28. The topological polar surface area (TPSA) is 55.3 Å². The molecule has 2 aromatic heterocycles. The molecule has 5 nitrogen and oxygen atoms in total. The number of aryl methyl sites for hydroxylation is 1. The van der Waals surface area contributed by atoms with Gasteiger partial charge in [-0.15, -0.1) is 11.3 Å². The highest BCUT2D eigenvalue weighted by Gasteiger charge is 2.22. The number of carbonyl (C=O) groups is 1. The Bertz CT molecular complexity index is 667. The third-order valence-corrected chi connectivity index (χ3v) is 4.03. The number of ether oxygens (including phenoxy) is 1. The van der Waals surface area contributed by atoms with Crippen molar-refractivity contribution in [1.29, 1.82) is 0 Å². The third kappa shape index (κ3) is 2.71. The Morgan fingerprint density at radius 2 is 2.00 bits per heavy atom. The molecule has 2 rings (SSSR count). The maximum Gasteiger partial charge on any atom is 0.348 e. The van der Waals surface area contributed by atoms with E-state index in [-0.39, 0.29) is 17.4 Å². The van der Waals surface area contributed by atoms with Gasteiger partial charge in [0.15, 0.2) is 0 Å². The fourth-order valence-electron chi connectivity index (χ4n) is 1.88. The second-order valence-corrected chi connectivity index (χ2v) is 6.24. The molecule has 0 atom stereocenters. The summed E-state index contributed by atoms with van der Waals surface area (Å²) in [6, 6.07) is 0. The van der Waals surface area contributed by atoms with E-state index < -0.39 is 0 Å². The van der Waals surface area contributed by atoms with Crippen LogP contribution in [0.3, 0.4) is 0 Å². The second-order valence-electron chi connectivity index (χ2n) is 4.90. The Morgan fingerprint density at radius 1 is 1.35 bits per heavy atom. The number of halogens is 1. The zero-order valence-corrected chi connectivity index (χ0v) is 13.6. The molecule has 108 valence electrons. The number of esters is 1. The van der Waals surface area contributed by atoms with Gasteiger partial charge in [-0.25, -0.2) is 9.78 Å². The molecule has 0 fully saturated rings. The van der Waals surface area contributed by atoms with Gasteiger partial charge in [0, 0.05) is 14.1 Å². The van der Waals surface area contributed by atoms with Crippen molar-refractivity contribution in [2.24, 2.45) is 0 Å². The molecule has 0 aromatic carbocycles. The van der Waals surface area contributed by atoms with E-state index in [4.69, 9.17) is 16.3 Å². The number of nitrogens with zero attached hydrogens (tertiary/aromatic N) is 3. The maximum atomic E-state index is 12.1. The van der Waals surface area contributed by atoms with Crippen LogP contribution in [0.5, 0.6) is 0 Å². The van der Waals surface area contributed by atoms with E-state index in [0.29, 0.717) is 15.5 Å². The normalized spacial score (nSPS) is 11.2. The summed E-state index contributed by atoms with van der Waals surface area (Å²) in [5, 5.41) is 1.02. The molecule has 0 aliphatic carbocycles. The first-order valence-corrected chi connectivity index (χ1v) is 7.35. The molecule has 7 heteroatoms. The number of carbonyl (C=O) groups excluding carboxylic acids is 1. The molecule has 0 aliphatic rings. The molecular weight excluding hydrogens is 298 g/mol. The van der Waals surface area contributed by atoms with Crippen LogP contribution in [0.15, 0.2) is 0 Å². The summed E-state index contributed by atoms with van der Waals surface area (Å²) in [4.78, 5) is 23.6. The summed E-state index contributed by atoms with van der Waals surface area (Å²) < 4.78 is 5.25. The number of aromatic nitrogens is 2. The van der Waals surface area contributed by atoms with E-state index in [1.165, 1.54) is 11.3 Å². The Hall–Kier alpha value is -1.40. The van der Waals surface area contributed by atoms with Crippen LogP contribution in [-0.2, 0) is 4.74 Å². The minimum atomic E-state index is -0.332. The standard InChI is InChI=1S/C13H16ClN3O2S/c1-6(2)19-12(18)9-7(3)8-10(17(4)5)15-13(14)16-11(8)20-9/h6H,1-5H3. The van der Waals surface area contributed by atoms with Crippen LogP contribution >= 0.6 is 22.9 Å². The van der Waals surface area contributed by atoms with Gasteiger partial charge >= 0.3 is 5.97 Å². The third-order valence-electron chi connectivity index (χ3n) is 2.70. The van der Waals surface area contributed by atoms with Crippen molar-refractivity contribution < 1.29 is 9.53 Å². The first-order chi connectivity index (χ1) is 9.31. The van der Waals surface area contributed by atoms with Crippen molar-refractivity contribution >= 4 is 44.9 Å². The molecule has 20 heavy (non-hydrogen) atoms. The molecule has 0 spiro atoms. The maximum absolute atomic E-state index is 12.1. The van der Waals surface area contributed by atoms with E-state index in [2.05, 4.69) is 9.97 Å². The predicted molar refractivity (Wildman–Crippen MR) is 82.0 cm³/mol. The number of anilines is 1. The van der Waals surface area contributed by atoms with Gasteiger partial charge in [-0.05, 0) is 37.9 Å². The lowest BCUT2D eigenvalue weighted by atomic mass is 10.2. The molecule has 2 heterocycles. The van der Waals surface area contributed by atoms with Crippen LogP contribution in [0.2, 0.25) is 5.28 Å². The highest BCUT2D eigenvalue weighted by Crippen LogP contribution is 2.36. The summed E-state index contributed by atoms with van der Waals surface area (Å²) in [5.41, 5.74) is 0.830. The first-order valence-electron chi connectivity index (χ1n) is 6.16. The van der Waals surface area contributed by atoms with Crippen molar-refractivity contribution in [3.8, 4) is 0 Å². The Labute approximate surface area is 126 Å². The van der Waals surface area contributed by atoms with Crippen LogP contribution in [0.1, 0.15) is 29.1 Å². The Morgan fingerprint density at radius 3 is 2.55 bits per heavy atom. The van der Waals surface area contributed by atoms with Crippen molar-refractivity contribution in [2.75, 3.05) is 19.0 Å².